The Morgan fingerprint density at radius 1 is 1.26 bits per heavy atom. The third-order valence-electron chi connectivity index (χ3n) is 1.97. The number of alkyl carbamates (subject to hydrolysis) is 1. The van der Waals surface area contributed by atoms with Gasteiger partial charge in [-0.2, -0.15) is 13.2 Å². The standard InChI is InChI=1S/C11H18F3NO4/c1-10(2,3)5-7(4-8(16)17)15-9(18)19-6-11(12,13)14/h7H,4-6H2,1-3H3,(H,15,18)(H,16,17). The summed E-state index contributed by atoms with van der Waals surface area (Å²) in [7, 11) is 0. The van der Waals surface area contributed by atoms with E-state index in [9.17, 15) is 22.8 Å². The fourth-order valence-corrected chi connectivity index (χ4v) is 1.48. The molecule has 112 valence electrons. The third kappa shape index (κ3) is 11.4. The van der Waals surface area contributed by atoms with Gasteiger partial charge in [0, 0.05) is 6.04 Å². The molecule has 0 heterocycles. The van der Waals surface area contributed by atoms with Crippen molar-refractivity contribution in [3.8, 4) is 0 Å². The van der Waals surface area contributed by atoms with E-state index in [4.69, 9.17) is 5.11 Å². The number of carbonyl (C=O) groups is 2. The predicted molar refractivity (Wildman–Crippen MR) is 60.7 cm³/mol. The number of halogens is 3. The molecule has 0 aliphatic carbocycles. The first-order valence-corrected chi connectivity index (χ1v) is 5.61. The number of alkyl halides is 3. The molecular weight excluding hydrogens is 267 g/mol. The van der Waals surface area contributed by atoms with E-state index in [1.807, 2.05) is 20.8 Å². The Bertz CT molecular complexity index is 323. The van der Waals surface area contributed by atoms with Crippen LogP contribution >= 0.6 is 0 Å². The van der Waals surface area contributed by atoms with Crippen LogP contribution in [-0.2, 0) is 9.53 Å². The fraction of sp³-hybridized carbons (Fsp3) is 0.818. The number of amides is 1. The van der Waals surface area contributed by atoms with E-state index in [1.165, 1.54) is 0 Å². The number of carboxylic acids is 1. The highest BCUT2D eigenvalue weighted by atomic mass is 19.4. The van der Waals surface area contributed by atoms with Crippen LogP contribution in [0.15, 0.2) is 0 Å². The zero-order valence-corrected chi connectivity index (χ0v) is 11.0. The predicted octanol–water partition coefficient (Wildman–Crippen LogP) is 2.55. The molecule has 0 aliphatic rings. The molecule has 0 fully saturated rings. The Hall–Kier alpha value is -1.47. The Balaban J connectivity index is 4.39. The van der Waals surface area contributed by atoms with Crippen LogP contribution in [0.2, 0.25) is 0 Å². The van der Waals surface area contributed by atoms with Gasteiger partial charge in [0.1, 0.15) is 0 Å². The van der Waals surface area contributed by atoms with Crippen molar-refractivity contribution in [2.75, 3.05) is 6.61 Å². The van der Waals surface area contributed by atoms with Crippen molar-refractivity contribution < 1.29 is 32.6 Å². The molecule has 0 aliphatic heterocycles. The van der Waals surface area contributed by atoms with E-state index in [-0.39, 0.29) is 11.8 Å². The summed E-state index contributed by atoms with van der Waals surface area (Å²) < 4.78 is 39.5. The molecule has 0 aromatic heterocycles. The Labute approximate surface area is 109 Å². The summed E-state index contributed by atoms with van der Waals surface area (Å²) in [5.74, 6) is -1.15. The number of carboxylic acid groups (broad SMARTS) is 1. The SMILES string of the molecule is CC(C)(C)CC(CC(=O)O)NC(=O)OCC(F)(F)F. The molecule has 0 spiro atoms. The molecular formula is C11H18F3NO4. The molecule has 0 aromatic carbocycles. The first kappa shape index (κ1) is 17.5. The van der Waals surface area contributed by atoms with Gasteiger partial charge in [-0.25, -0.2) is 4.79 Å². The summed E-state index contributed by atoms with van der Waals surface area (Å²) in [5.41, 5.74) is -0.280. The van der Waals surface area contributed by atoms with Gasteiger partial charge in [-0.3, -0.25) is 4.79 Å². The van der Waals surface area contributed by atoms with Crippen molar-refractivity contribution in [1.29, 1.82) is 0 Å². The quantitative estimate of drug-likeness (QED) is 0.814. The second-order valence-electron chi connectivity index (χ2n) is 5.40. The van der Waals surface area contributed by atoms with Crippen LogP contribution in [0, 0.1) is 5.41 Å². The molecule has 1 amide bonds. The van der Waals surface area contributed by atoms with E-state index in [0.29, 0.717) is 6.42 Å². The van der Waals surface area contributed by atoms with E-state index >= 15 is 0 Å². The Morgan fingerprint density at radius 3 is 2.16 bits per heavy atom. The van der Waals surface area contributed by atoms with E-state index < -0.39 is 30.9 Å². The average molecular weight is 285 g/mol. The smallest absolute Gasteiger partial charge is 0.422 e. The second kappa shape index (κ2) is 6.63. The second-order valence-corrected chi connectivity index (χ2v) is 5.40. The zero-order chi connectivity index (χ0) is 15.3. The lowest BCUT2D eigenvalue weighted by atomic mass is 9.87. The number of ether oxygens (including phenoxy) is 1. The van der Waals surface area contributed by atoms with Gasteiger partial charge < -0.3 is 15.2 Å². The van der Waals surface area contributed by atoms with Gasteiger partial charge in [0.2, 0.25) is 0 Å². The van der Waals surface area contributed by atoms with Crippen LogP contribution in [0.5, 0.6) is 0 Å². The lowest BCUT2D eigenvalue weighted by Gasteiger charge is -2.25. The van der Waals surface area contributed by atoms with Gasteiger partial charge in [-0.1, -0.05) is 20.8 Å². The number of aliphatic carboxylic acids is 1. The van der Waals surface area contributed by atoms with E-state index in [0.717, 1.165) is 0 Å². The summed E-state index contributed by atoms with van der Waals surface area (Å²) >= 11 is 0. The van der Waals surface area contributed by atoms with Crippen molar-refractivity contribution in [1.82, 2.24) is 5.32 Å². The molecule has 8 heteroatoms. The lowest BCUT2D eigenvalue weighted by Crippen LogP contribution is -2.40. The van der Waals surface area contributed by atoms with Gasteiger partial charge in [-0.15, -0.1) is 0 Å². The zero-order valence-electron chi connectivity index (χ0n) is 11.0. The molecule has 0 saturated heterocycles. The molecule has 19 heavy (non-hydrogen) atoms. The molecule has 5 nitrogen and oxygen atoms in total. The summed E-state index contributed by atoms with van der Waals surface area (Å²) in [6.07, 6.45) is -5.95. The van der Waals surface area contributed by atoms with Crippen LogP contribution in [0.1, 0.15) is 33.6 Å². The average Bonchev–Trinajstić information content (AvgIpc) is 2.09. The number of rotatable bonds is 5. The first-order valence-electron chi connectivity index (χ1n) is 5.61. The normalized spacial score (nSPS) is 13.8. The molecule has 0 rings (SSSR count). The fourth-order valence-electron chi connectivity index (χ4n) is 1.48. The maximum atomic E-state index is 11.8. The van der Waals surface area contributed by atoms with Gasteiger partial charge in [-0.05, 0) is 11.8 Å². The molecule has 0 aromatic rings. The van der Waals surface area contributed by atoms with Crippen molar-refractivity contribution >= 4 is 12.1 Å². The van der Waals surface area contributed by atoms with Gasteiger partial charge in [0.15, 0.2) is 6.61 Å². The minimum absolute atomic E-state index is 0.280. The summed E-state index contributed by atoms with van der Waals surface area (Å²) in [6, 6.07) is -0.779. The van der Waals surface area contributed by atoms with Gasteiger partial charge >= 0.3 is 18.2 Å². The molecule has 1 atom stereocenters. The highest BCUT2D eigenvalue weighted by Crippen LogP contribution is 2.22. The number of carbonyl (C=O) groups excluding carboxylic acids is 1. The van der Waals surface area contributed by atoms with E-state index in [2.05, 4.69) is 10.1 Å². The summed E-state index contributed by atoms with van der Waals surface area (Å²) in [6.45, 7) is 3.77. The maximum Gasteiger partial charge on any atom is 0.422 e. The number of hydrogen-bond donors (Lipinski definition) is 2. The third-order valence-corrected chi connectivity index (χ3v) is 1.97. The first-order chi connectivity index (χ1) is 8.39. The number of nitrogens with one attached hydrogen (secondary N) is 1. The highest BCUT2D eigenvalue weighted by molar-refractivity contribution is 5.71. The van der Waals surface area contributed by atoms with E-state index in [1.54, 1.807) is 0 Å². The Morgan fingerprint density at radius 2 is 1.79 bits per heavy atom. The molecule has 0 saturated carbocycles. The van der Waals surface area contributed by atoms with Crippen LogP contribution in [-0.4, -0.2) is 36.0 Å². The summed E-state index contributed by atoms with van der Waals surface area (Å²) in [5, 5.41) is 10.8. The minimum atomic E-state index is -4.61. The van der Waals surface area contributed by atoms with Crippen molar-refractivity contribution in [3.05, 3.63) is 0 Å². The van der Waals surface area contributed by atoms with Crippen LogP contribution in [0.4, 0.5) is 18.0 Å². The molecule has 2 N–H and O–H groups in total. The molecule has 1 unspecified atom stereocenters. The van der Waals surface area contributed by atoms with Gasteiger partial charge in [0.25, 0.3) is 0 Å². The monoisotopic (exact) mass is 285 g/mol. The molecule has 0 bridgehead atoms. The van der Waals surface area contributed by atoms with Crippen molar-refractivity contribution in [3.63, 3.8) is 0 Å². The van der Waals surface area contributed by atoms with Crippen LogP contribution < -0.4 is 5.32 Å². The van der Waals surface area contributed by atoms with Crippen LogP contribution in [0.3, 0.4) is 0 Å². The molecule has 0 radical (unpaired) electrons. The van der Waals surface area contributed by atoms with Crippen molar-refractivity contribution in [2.24, 2.45) is 5.41 Å². The number of hydrogen-bond acceptors (Lipinski definition) is 3. The maximum absolute atomic E-state index is 11.8. The summed E-state index contributed by atoms with van der Waals surface area (Å²) in [4.78, 5) is 21.8. The van der Waals surface area contributed by atoms with Crippen LogP contribution in [0.25, 0.3) is 0 Å². The topological polar surface area (TPSA) is 75.6 Å². The largest absolute Gasteiger partial charge is 0.481 e. The van der Waals surface area contributed by atoms with Gasteiger partial charge in [0.05, 0.1) is 6.42 Å². The lowest BCUT2D eigenvalue weighted by molar-refractivity contribution is -0.160. The minimum Gasteiger partial charge on any atom is -0.481 e. The van der Waals surface area contributed by atoms with Crippen molar-refractivity contribution in [2.45, 2.75) is 45.8 Å². The Kier molecular flexibility index (Phi) is 6.11. The highest BCUT2D eigenvalue weighted by Gasteiger charge is 2.30.